The Morgan fingerprint density at radius 3 is 2.71 bits per heavy atom. The van der Waals surface area contributed by atoms with Crippen molar-refractivity contribution in [2.45, 2.75) is 6.92 Å². The summed E-state index contributed by atoms with van der Waals surface area (Å²) < 4.78 is 6.66. The van der Waals surface area contributed by atoms with Crippen LogP contribution in [0.4, 0.5) is 0 Å². The number of ether oxygens (including phenoxy) is 1. The van der Waals surface area contributed by atoms with E-state index in [4.69, 9.17) is 21.4 Å². The molecule has 108 valence electrons. The standard InChI is InChI=1S/C16H12BrClO3/c1-10-2-6-13(18)15(8-10)21-14-9-12(17)5-3-11(14)4-7-16(19)20/h2-9H,1H3,(H,19,20)/b7-4+. The predicted octanol–water partition coefficient (Wildman–Crippen LogP) is 5.30. The van der Waals surface area contributed by atoms with E-state index in [1.165, 1.54) is 6.08 Å². The van der Waals surface area contributed by atoms with Gasteiger partial charge in [0.15, 0.2) is 0 Å². The maximum atomic E-state index is 10.6. The van der Waals surface area contributed by atoms with E-state index >= 15 is 0 Å². The molecule has 1 N–H and O–H groups in total. The first-order chi connectivity index (χ1) is 9.95. The molecule has 0 heterocycles. The molecule has 0 saturated heterocycles. The maximum absolute atomic E-state index is 10.6. The average molecular weight is 368 g/mol. The molecule has 0 saturated carbocycles. The normalized spacial score (nSPS) is 10.8. The highest BCUT2D eigenvalue weighted by molar-refractivity contribution is 9.10. The van der Waals surface area contributed by atoms with Crippen LogP contribution in [0.2, 0.25) is 5.02 Å². The van der Waals surface area contributed by atoms with Crippen LogP contribution in [0.15, 0.2) is 46.9 Å². The zero-order valence-corrected chi connectivity index (χ0v) is 13.5. The van der Waals surface area contributed by atoms with E-state index in [9.17, 15) is 4.79 Å². The minimum absolute atomic E-state index is 0.494. The number of aryl methyl sites for hydroxylation is 1. The lowest BCUT2D eigenvalue weighted by Crippen LogP contribution is -1.91. The van der Waals surface area contributed by atoms with Crippen molar-refractivity contribution in [2.24, 2.45) is 0 Å². The topological polar surface area (TPSA) is 46.5 Å². The summed E-state index contributed by atoms with van der Waals surface area (Å²) in [5, 5.41) is 9.23. The fourth-order valence-electron chi connectivity index (χ4n) is 1.70. The second kappa shape index (κ2) is 6.78. The first-order valence-electron chi connectivity index (χ1n) is 6.10. The lowest BCUT2D eigenvalue weighted by molar-refractivity contribution is -0.131. The van der Waals surface area contributed by atoms with Gasteiger partial charge in [0.2, 0.25) is 0 Å². The molecule has 0 amide bonds. The molecule has 0 aliphatic rings. The van der Waals surface area contributed by atoms with Crippen molar-refractivity contribution in [3.63, 3.8) is 0 Å². The molecule has 0 atom stereocenters. The zero-order valence-electron chi connectivity index (χ0n) is 11.1. The fraction of sp³-hybridized carbons (Fsp3) is 0.0625. The van der Waals surface area contributed by atoms with Gasteiger partial charge in [-0.1, -0.05) is 39.7 Å². The molecule has 0 aliphatic carbocycles. The lowest BCUT2D eigenvalue weighted by Gasteiger charge is -2.11. The molecule has 0 spiro atoms. The third kappa shape index (κ3) is 4.34. The van der Waals surface area contributed by atoms with Gasteiger partial charge in [-0.2, -0.15) is 0 Å². The van der Waals surface area contributed by atoms with Crippen molar-refractivity contribution < 1.29 is 14.6 Å². The van der Waals surface area contributed by atoms with Crippen LogP contribution in [-0.2, 0) is 4.79 Å². The Morgan fingerprint density at radius 2 is 2.00 bits per heavy atom. The number of hydrogen-bond donors (Lipinski definition) is 1. The van der Waals surface area contributed by atoms with Gasteiger partial charge < -0.3 is 9.84 Å². The van der Waals surface area contributed by atoms with Gasteiger partial charge in [-0.25, -0.2) is 4.79 Å². The predicted molar refractivity (Wildman–Crippen MR) is 87.1 cm³/mol. The Morgan fingerprint density at radius 1 is 1.24 bits per heavy atom. The highest BCUT2D eigenvalue weighted by Gasteiger charge is 2.08. The Kier molecular flexibility index (Phi) is 5.04. The van der Waals surface area contributed by atoms with Gasteiger partial charge >= 0.3 is 5.97 Å². The smallest absolute Gasteiger partial charge is 0.328 e. The summed E-state index contributed by atoms with van der Waals surface area (Å²) in [4.78, 5) is 10.6. The largest absolute Gasteiger partial charge is 0.478 e. The van der Waals surface area contributed by atoms with E-state index in [0.717, 1.165) is 16.1 Å². The van der Waals surface area contributed by atoms with Gasteiger partial charge in [0, 0.05) is 16.1 Å². The van der Waals surface area contributed by atoms with E-state index < -0.39 is 5.97 Å². The van der Waals surface area contributed by atoms with Gasteiger partial charge in [-0.3, -0.25) is 0 Å². The van der Waals surface area contributed by atoms with Crippen LogP contribution in [0.5, 0.6) is 11.5 Å². The highest BCUT2D eigenvalue weighted by atomic mass is 79.9. The number of halogens is 2. The van der Waals surface area contributed by atoms with Crippen LogP contribution in [0.3, 0.4) is 0 Å². The van der Waals surface area contributed by atoms with Crippen molar-refractivity contribution in [1.29, 1.82) is 0 Å². The highest BCUT2D eigenvalue weighted by Crippen LogP contribution is 2.34. The molecular weight excluding hydrogens is 356 g/mol. The average Bonchev–Trinajstić information content (AvgIpc) is 2.42. The lowest BCUT2D eigenvalue weighted by atomic mass is 10.2. The van der Waals surface area contributed by atoms with E-state index in [-0.39, 0.29) is 0 Å². The monoisotopic (exact) mass is 366 g/mol. The van der Waals surface area contributed by atoms with Crippen molar-refractivity contribution >= 4 is 39.6 Å². The number of carboxylic acids is 1. The molecule has 21 heavy (non-hydrogen) atoms. The van der Waals surface area contributed by atoms with Gasteiger partial charge in [0.1, 0.15) is 11.5 Å². The molecular formula is C16H12BrClO3. The third-order valence-electron chi connectivity index (χ3n) is 2.69. The van der Waals surface area contributed by atoms with Gasteiger partial charge in [-0.05, 0) is 42.8 Å². The van der Waals surface area contributed by atoms with E-state index in [0.29, 0.717) is 22.1 Å². The molecule has 2 aromatic carbocycles. The van der Waals surface area contributed by atoms with Crippen LogP contribution in [0, 0.1) is 6.92 Å². The van der Waals surface area contributed by atoms with Gasteiger partial charge in [0.05, 0.1) is 5.02 Å². The number of carbonyl (C=O) groups is 1. The van der Waals surface area contributed by atoms with Crippen LogP contribution in [-0.4, -0.2) is 11.1 Å². The Labute approximate surface area is 135 Å². The van der Waals surface area contributed by atoms with Crippen molar-refractivity contribution in [3.8, 4) is 11.5 Å². The summed E-state index contributed by atoms with van der Waals surface area (Å²) in [6.45, 7) is 1.94. The molecule has 0 unspecified atom stereocenters. The SMILES string of the molecule is Cc1ccc(Cl)c(Oc2cc(Br)ccc2/C=C/C(=O)O)c1. The maximum Gasteiger partial charge on any atom is 0.328 e. The molecule has 0 fully saturated rings. The van der Waals surface area contributed by atoms with Crippen molar-refractivity contribution in [2.75, 3.05) is 0 Å². The first kappa shape index (κ1) is 15.6. The van der Waals surface area contributed by atoms with Crippen LogP contribution in [0.25, 0.3) is 6.08 Å². The summed E-state index contributed by atoms with van der Waals surface area (Å²) in [5.41, 5.74) is 1.67. The Balaban J connectivity index is 2.40. The minimum atomic E-state index is -1.02. The molecule has 3 nitrogen and oxygen atoms in total. The summed E-state index contributed by atoms with van der Waals surface area (Å²) in [5.74, 6) is 0.0339. The Hall–Kier alpha value is -1.78. The Bertz CT molecular complexity index is 711. The second-order valence-corrected chi connectivity index (χ2v) is 5.71. The summed E-state index contributed by atoms with van der Waals surface area (Å²) in [6.07, 6.45) is 2.54. The van der Waals surface area contributed by atoms with E-state index in [1.807, 2.05) is 25.1 Å². The minimum Gasteiger partial charge on any atom is -0.478 e. The molecule has 2 aromatic rings. The second-order valence-electron chi connectivity index (χ2n) is 4.39. The molecule has 0 radical (unpaired) electrons. The van der Waals surface area contributed by atoms with Crippen molar-refractivity contribution in [3.05, 3.63) is 63.1 Å². The molecule has 0 aromatic heterocycles. The fourth-order valence-corrected chi connectivity index (χ4v) is 2.20. The first-order valence-corrected chi connectivity index (χ1v) is 7.27. The molecule has 2 rings (SSSR count). The quantitative estimate of drug-likeness (QED) is 0.746. The van der Waals surface area contributed by atoms with Gasteiger partial charge in [0.25, 0.3) is 0 Å². The summed E-state index contributed by atoms with van der Waals surface area (Å²) in [6, 6.07) is 10.8. The van der Waals surface area contributed by atoms with E-state index in [1.54, 1.807) is 18.2 Å². The molecule has 5 heteroatoms. The third-order valence-corrected chi connectivity index (χ3v) is 3.49. The van der Waals surface area contributed by atoms with E-state index in [2.05, 4.69) is 15.9 Å². The summed E-state index contributed by atoms with van der Waals surface area (Å²) >= 11 is 9.49. The molecule has 0 bridgehead atoms. The molecule has 0 aliphatic heterocycles. The number of aliphatic carboxylic acids is 1. The van der Waals surface area contributed by atoms with Crippen LogP contribution < -0.4 is 4.74 Å². The number of hydrogen-bond acceptors (Lipinski definition) is 2. The number of carboxylic acid groups (broad SMARTS) is 1. The number of rotatable bonds is 4. The number of benzene rings is 2. The van der Waals surface area contributed by atoms with Crippen LogP contribution >= 0.6 is 27.5 Å². The zero-order chi connectivity index (χ0) is 15.4. The van der Waals surface area contributed by atoms with Gasteiger partial charge in [-0.15, -0.1) is 0 Å². The van der Waals surface area contributed by atoms with Crippen molar-refractivity contribution in [1.82, 2.24) is 0 Å². The van der Waals surface area contributed by atoms with Crippen LogP contribution in [0.1, 0.15) is 11.1 Å². The summed E-state index contributed by atoms with van der Waals surface area (Å²) in [7, 11) is 0.